The van der Waals surface area contributed by atoms with Gasteiger partial charge in [-0.3, -0.25) is 0 Å². The van der Waals surface area contributed by atoms with Crippen LogP contribution in [0, 0.1) is 12.3 Å². The number of halogens is 3. The smallest absolute Gasteiger partial charge is 0.104 e. The van der Waals surface area contributed by atoms with Crippen LogP contribution in [0.15, 0.2) is 12.2 Å². The van der Waals surface area contributed by atoms with Crippen LogP contribution in [0.1, 0.15) is 0 Å². The maximum atomic E-state index is 11.9. The molecule has 0 atom stereocenters. The summed E-state index contributed by atoms with van der Waals surface area (Å²) in [6, 6.07) is 0. The topological polar surface area (TPSA) is 0 Å². The molecular weight excluding hydrogens is 141 g/mol. The average molecular weight is 151 g/mol. The number of hydrogen-bond donors (Lipinski definition) is 0. The van der Waals surface area contributed by atoms with Crippen LogP contribution in [0.2, 0.25) is 0 Å². The van der Waals surface area contributed by atoms with E-state index in [-0.39, 0.29) is 0 Å². The monoisotopic (exact) mass is 151 g/mol. The minimum absolute atomic E-state index is 1.02. The second-order valence-electron chi connectivity index (χ2n) is 2.17. The molecule has 0 aliphatic rings. The zero-order valence-electron chi connectivity index (χ0n) is 5.62. The van der Waals surface area contributed by atoms with Crippen molar-refractivity contribution in [1.29, 1.82) is 0 Å². The highest BCUT2D eigenvalue weighted by atomic mass is 19.1. The number of alkyl halides is 3. The Morgan fingerprint density at radius 2 is 1.50 bits per heavy atom. The first-order chi connectivity index (χ1) is 4.74. The zero-order chi connectivity index (χ0) is 8.04. The minimum Gasteiger partial charge on any atom is -0.250 e. The van der Waals surface area contributed by atoms with Crippen molar-refractivity contribution in [2.45, 2.75) is 0 Å². The van der Waals surface area contributed by atoms with Crippen LogP contribution in [0.4, 0.5) is 13.2 Å². The third-order valence-corrected chi connectivity index (χ3v) is 1.27. The van der Waals surface area contributed by atoms with Gasteiger partial charge in [-0.15, -0.1) is 0 Å². The number of rotatable bonds is 4. The summed E-state index contributed by atoms with van der Waals surface area (Å²) in [4.78, 5) is 0. The van der Waals surface area contributed by atoms with Gasteiger partial charge in [0.25, 0.3) is 0 Å². The van der Waals surface area contributed by atoms with Crippen molar-refractivity contribution < 1.29 is 13.2 Å². The van der Waals surface area contributed by atoms with Gasteiger partial charge in [-0.25, -0.2) is 13.2 Å². The van der Waals surface area contributed by atoms with Gasteiger partial charge in [0.1, 0.15) is 20.0 Å². The van der Waals surface area contributed by atoms with E-state index in [1.54, 1.807) is 0 Å². The summed E-state index contributed by atoms with van der Waals surface area (Å²) in [7, 11) is 0. The Morgan fingerprint density at radius 3 is 1.60 bits per heavy atom. The van der Waals surface area contributed by atoms with E-state index in [1.165, 1.54) is 6.08 Å². The van der Waals surface area contributed by atoms with Gasteiger partial charge < -0.3 is 0 Å². The van der Waals surface area contributed by atoms with E-state index in [4.69, 9.17) is 0 Å². The van der Waals surface area contributed by atoms with Crippen LogP contribution >= 0.6 is 0 Å². The fourth-order valence-electron chi connectivity index (χ4n) is 0.491. The van der Waals surface area contributed by atoms with Crippen LogP contribution in [0.25, 0.3) is 0 Å². The van der Waals surface area contributed by atoms with E-state index in [0.29, 0.717) is 0 Å². The highest BCUT2D eigenvalue weighted by molar-refractivity contribution is 5.00. The molecule has 0 aromatic heterocycles. The number of allylic oxidation sites excluding steroid dienone is 2. The van der Waals surface area contributed by atoms with Gasteiger partial charge in [-0.2, -0.15) is 0 Å². The Hall–Kier alpha value is -0.470. The molecule has 0 unspecified atom stereocenters. The molecule has 0 heterocycles. The molecule has 0 fully saturated rings. The fraction of sp³-hybridized carbons (Fsp3) is 0.571. The molecule has 0 aromatic rings. The van der Waals surface area contributed by atoms with Gasteiger partial charge >= 0.3 is 0 Å². The van der Waals surface area contributed by atoms with Crippen molar-refractivity contribution in [2.24, 2.45) is 5.41 Å². The molecule has 1 radical (unpaired) electrons. The first kappa shape index (κ1) is 9.53. The molecule has 0 amide bonds. The first-order valence-electron chi connectivity index (χ1n) is 2.89. The van der Waals surface area contributed by atoms with Gasteiger partial charge in [-0.05, 0) is 6.92 Å². The van der Waals surface area contributed by atoms with E-state index in [9.17, 15) is 13.2 Å². The molecule has 0 bridgehead atoms. The lowest BCUT2D eigenvalue weighted by Crippen LogP contribution is -2.25. The average Bonchev–Trinajstić information content (AvgIpc) is 2.01. The van der Waals surface area contributed by atoms with E-state index in [2.05, 4.69) is 6.92 Å². The van der Waals surface area contributed by atoms with Crippen LogP contribution in [-0.2, 0) is 0 Å². The summed E-state index contributed by atoms with van der Waals surface area (Å²) >= 11 is 0. The molecule has 3 heteroatoms. The molecule has 0 aliphatic heterocycles. The Morgan fingerprint density at radius 1 is 1.10 bits per heavy atom. The lowest BCUT2D eigenvalue weighted by molar-refractivity contribution is 0.163. The summed E-state index contributed by atoms with van der Waals surface area (Å²) in [6.45, 7) is 0.168. The molecule has 0 aromatic carbocycles. The second kappa shape index (κ2) is 4.36. The molecule has 0 spiro atoms. The van der Waals surface area contributed by atoms with Gasteiger partial charge in [0.15, 0.2) is 0 Å². The minimum atomic E-state index is -1.57. The second-order valence-corrected chi connectivity index (χ2v) is 2.17. The van der Waals surface area contributed by atoms with E-state index in [1.807, 2.05) is 0 Å². The van der Waals surface area contributed by atoms with Gasteiger partial charge in [0, 0.05) is 0 Å². The zero-order valence-corrected chi connectivity index (χ0v) is 5.62. The summed E-state index contributed by atoms with van der Waals surface area (Å²) in [6.07, 6.45) is 2.33. The Bertz CT molecular complexity index is 97.2. The highest BCUT2D eigenvalue weighted by Gasteiger charge is 2.26. The summed E-state index contributed by atoms with van der Waals surface area (Å²) in [5, 5.41) is 0. The van der Waals surface area contributed by atoms with Crippen molar-refractivity contribution in [1.82, 2.24) is 0 Å². The van der Waals surface area contributed by atoms with E-state index >= 15 is 0 Å². The number of hydrogen-bond acceptors (Lipinski definition) is 0. The van der Waals surface area contributed by atoms with Gasteiger partial charge in [0.2, 0.25) is 0 Å². The first-order valence-corrected chi connectivity index (χ1v) is 2.89. The molecule has 10 heavy (non-hydrogen) atoms. The maximum absolute atomic E-state index is 11.9. The van der Waals surface area contributed by atoms with Gasteiger partial charge in [0.05, 0.1) is 5.41 Å². The van der Waals surface area contributed by atoms with Crippen LogP contribution < -0.4 is 0 Å². The molecule has 0 saturated heterocycles. The molecule has 0 nitrogen and oxygen atoms in total. The highest BCUT2D eigenvalue weighted by Crippen LogP contribution is 2.21. The molecule has 0 saturated carbocycles. The SMILES string of the molecule is [CH2]C=CC(CF)(CF)CF. The molecule has 0 aliphatic carbocycles. The molecule has 0 N–H and O–H groups in total. The quantitative estimate of drug-likeness (QED) is 0.578. The van der Waals surface area contributed by atoms with Gasteiger partial charge in [-0.1, -0.05) is 12.2 Å². The van der Waals surface area contributed by atoms with Crippen molar-refractivity contribution in [2.75, 3.05) is 20.0 Å². The predicted molar refractivity (Wildman–Crippen MR) is 34.9 cm³/mol. The Balaban J connectivity index is 4.15. The Kier molecular flexibility index (Phi) is 4.16. The van der Waals surface area contributed by atoms with Crippen LogP contribution in [0.5, 0.6) is 0 Å². The van der Waals surface area contributed by atoms with Crippen molar-refractivity contribution in [3.05, 3.63) is 19.1 Å². The predicted octanol–water partition coefficient (Wildman–Crippen LogP) is 2.27. The van der Waals surface area contributed by atoms with Crippen molar-refractivity contribution in [3.63, 3.8) is 0 Å². The summed E-state index contributed by atoms with van der Waals surface area (Å²) in [5.74, 6) is 0. The molecule has 0 rings (SSSR count). The Labute approximate surface area is 58.7 Å². The van der Waals surface area contributed by atoms with E-state index in [0.717, 1.165) is 6.08 Å². The van der Waals surface area contributed by atoms with Crippen LogP contribution in [0.3, 0.4) is 0 Å². The standard InChI is InChI=1S/C7H10F3/c1-2-3-7(4-8,5-9)6-10/h2-3H,1,4-6H2. The lowest BCUT2D eigenvalue weighted by atomic mass is 9.93. The summed E-state index contributed by atoms with van der Waals surface area (Å²) in [5.41, 5.74) is -1.57. The lowest BCUT2D eigenvalue weighted by Gasteiger charge is -2.18. The molecular formula is C7H10F3. The normalized spacial score (nSPS) is 12.8. The van der Waals surface area contributed by atoms with Crippen molar-refractivity contribution in [3.8, 4) is 0 Å². The fourth-order valence-corrected chi connectivity index (χ4v) is 0.491. The summed E-state index contributed by atoms with van der Waals surface area (Å²) < 4.78 is 35.8. The van der Waals surface area contributed by atoms with Crippen LogP contribution in [-0.4, -0.2) is 20.0 Å². The maximum Gasteiger partial charge on any atom is 0.104 e. The third kappa shape index (κ3) is 2.05. The largest absolute Gasteiger partial charge is 0.250 e. The van der Waals surface area contributed by atoms with Crippen molar-refractivity contribution >= 4 is 0 Å². The van der Waals surface area contributed by atoms with E-state index < -0.39 is 25.4 Å². The molecule has 59 valence electrons. The third-order valence-electron chi connectivity index (χ3n) is 1.27.